The van der Waals surface area contributed by atoms with E-state index in [0.29, 0.717) is 38.5 Å². The standard InChI is InChI=1S/C26H36O7.K/c1-14(2)32-22(30)17-12-15-11-16(27)5-8-23(15,3)26-19(33-26)13-24(4)18(21(17)26)6-9-25(24,31)10-7-20(28)29;/h11,14,17-19,21,31H,5-10,12-13H2,1-4H3,(H,28,29);/q;+1/p-1/t17-,18+,19-,21+,23+,24+,25-,26-;/m1./s1. The van der Waals surface area contributed by atoms with Crippen LogP contribution >= 0.6 is 0 Å². The molecule has 0 unspecified atom stereocenters. The van der Waals surface area contributed by atoms with Gasteiger partial charge < -0.3 is 24.5 Å². The first-order chi connectivity index (χ1) is 15.4. The Kier molecular flexibility index (Phi) is 6.93. The second kappa shape index (κ2) is 8.74. The third kappa shape index (κ3) is 3.61. The largest absolute Gasteiger partial charge is 1.00 e. The molecule has 1 spiro atoms. The fourth-order valence-corrected chi connectivity index (χ4v) is 8.39. The third-order valence-electron chi connectivity index (χ3n) is 10.1. The minimum atomic E-state index is -1.16. The Hall–Kier alpha value is -0.0936. The van der Waals surface area contributed by atoms with Crippen LogP contribution in [0.1, 0.15) is 79.1 Å². The summed E-state index contributed by atoms with van der Waals surface area (Å²) in [5, 5.41) is 22.9. The number of aliphatic hydroxyl groups is 1. The number of carbonyl (C=O) groups is 3. The Labute approximate surface area is 243 Å². The summed E-state index contributed by atoms with van der Waals surface area (Å²) in [5.41, 5.74) is -1.56. The van der Waals surface area contributed by atoms with Crippen molar-refractivity contribution in [1.29, 1.82) is 0 Å². The number of rotatable bonds is 5. The van der Waals surface area contributed by atoms with Gasteiger partial charge in [0.25, 0.3) is 0 Å². The second-order valence-electron chi connectivity index (χ2n) is 11.9. The van der Waals surface area contributed by atoms with Gasteiger partial charge in [-0.3, -0.25) is 9.59 Å². The summed E-state index contributed by atoms with van der Waals surface area (Å²) in [6, 6.07) is 0. The molecule has 4 fully saturated rings. The maximum atomic E-state index is 13.4. The van der Waals surface area contributed by atoms with Crippen LogP contribution < -0.4 is 56.5 Å². The van der Waals surface area contributed by atoms with E-state index < -0.39 is 28.5 Å². The molecule has 1 aliphatic heterocycles. The molecule has 8 heteroatoms. The van der Waals surface area contributed by atoms with E-state index in [9.17, 15) is 24.6 Å². The molecule has 0 amide bonds. The zero-order valence-corrected chi connectivity index (χ0v) is 24.1. The predicted octanol–water partition coefficient (Wildman–Crippen LogP) is -0.907. The quantitative estimate of drug-likeness (QED) is 0.296. The first kappa shape index (κ1) is 27.0. The predicted molar refractivity (Wildman–Crippen MR) is 115 cm³/mol. The van der Waals surface area contributed by atoms with Crippen LogP contribution in [0.25, 0.3) is 0 Å². The van der Waals surface area contributed by atoms with Crippen molar-refractivity contribution < 1.29 is 85.5 Å². The molecular formula is C26H35KO7. The fraction of sp³-hybridized carbons (Fsp3) is 0.808. The number of carbonyl (C=O) groups excluding carboxylic acids is 3. The molecule has 34 heavy (non-hydrogen) atoms. The number of carboxylic acids is 1. The van der Waals surface area contributed by atoms with Crippen LogP contribution in [0.15, 0.2) is 11.6 Å². The Balaban J connectivity index is 0.00000274. The summed E-state index contributed by atoms with van der Waals surface area (Å²) >= 11 is 0. The number of epoxide rings is 1. The molecule has 1 heterocycles. The van der Waals surface area contributed by atoms with Crippen molar-refractivity contribution in [3.05, 3.63) is 11.6 Å². The van der Waals surface area contributed by atoms with E-state index >= 15 is 0 Å². The van der Waals surface area contributed by atoms with Gasteiger partial charge in [-0.25, -0.2) is 0 Å². The fourth-order valence-electron chi connectivity index (χ4n) is 8.39. The van der Waals surface area contributed by atoms with E-state index in [1.807, 2.05) is 13.8 Å². The molecule has 1 N–H and O–H groups in total. The van der Waals surface area contributed by atoms with Crippen LogP contribution in [0.5, 0.6) is 0 Å². The first-order valence-electron chi connectivity index (χ1n) is 12.4. The van der Waals surface area contributed by atoms with Crippen molar-refractivity contribution in [2.75, 3.05) is 0 Å². The number of esters is 1. The van der Waals surface area contributed by atoms with Gasteiger partial charge in [0.2, 0.25) is 0 Å². The van der Waals surface area contributed by atoms with Gasteiger partial charge in [-0.2, -0.15) is 0 Å². The van der Waals surface area contributed by atoms with E-state index in [-0.39, 0.29) is 105 Å². The molecule has 0 aromatic carbocycles. The molecule has 5 aliphatic rings. The second-order valence-corrected chi connectivity index (χ2v) is 11.9. The summed E-state index contributed by atoms with van der Waals surface area (Å²) in [4.78, 5) is 36.9. The molecule has 8 atom stereocenters. The van der Waals surface area contributed by atoms with Crippen molar-refractivity contribution in [2.45, 2.75) is 102 Å². The smallest absolute Gasteiger partial charge is 0.550 e. The number of hydrogen-bond acceptors (Lipinski definition) is 7. The van der Waals surface area contributed by atoms with Crippen LogP contribution in [0.2, 0.25) is 0 Å². The van der Waals surface area contributed by atoms with Crippen LogP contribution in [0, 0.1) is 28.6 Å². The van der Waals surface area contributed by atoms with E-state index in [1.165, 1.54) is 0 Å². The maximum absolute atomic E-state index is 13.4. The summed E-state index contributed by atoms with van der Waals surface area (Å²) in [6.45, 7) is 7.90. The van der Waals surface area contributed by atoms with Crippen molar-refractivity contribution in [3.8, 4) is 0 Å². The number of aliphatic carboxylic acids is 1. The SMILES string of the molecule is CC(C)OC(=O)[C@@H]1CC2=CC(=O)CC[C@]2(C)[C@@]23O[C@@H]2C[C@@]2(C)[C@@H](CC[C@@]2(O)CCC(=O)[O-])[C@H]13.[K+]. The summed E-state index contributed by atoms with van der Waals surface area (Å²) in [5.74, 6) is -1.91. The Bertz CT molecular complexity index is 945. The van der Waals surface area contributed by atoms with Gasteiger partial charge in [0.1, 0.15) is 5.60 Å². The van der Waals surface area contributed by atoms with E-state index in [2.05, 4.69) is 13.8 Å². The third-order valence-corrected chi connectivity index (χ3v) is 10.1. The molecule has 0 radical (unpaired) electrons. The molecule has 182 valence electrons. The summed E-state index contributed by atoms with van der Waals surface area (Å²) < 4.78 is 12.3. The zero-order chi connectivity index (χ0) is 24.0. The molecule has 5 rings (SSSR count). The van der Waals surface area contributed by atoms with Crippen molar-refractivity contribution >= 4 is 17.7 Å². The minimum absolute atomic E-state index is 0. The molecule has 0 aromatic heterocycles. The van der Waals surface area contributed by atoms with Crippen LogP contribution in [0.3, 0.4) is 0 Å². The molecule has 0 aromatic rings. The number of ether oxygens (including phenoxy) is 2. The van der Waals surface area contributed by atoms with Crippen molar-refractivity contribution in [2.24, 2.45) is 28.6 Å². The van der Waals surface area contributed by atoms with E-state index in [4.69, 9.17) is 9.47 Å². The summed E-state index contributed by atoms with van der Waals surface area (Å²) in [7, 11) is 0. The van der Waals surface area contributed by atoms with Gasteiger partial charge in [-0.05, 0) is 70.8 Å². The van der Waals surface area contributed by atoms with E-state index in [1.54, 1.807) is 6.08 Å². The van der Waals surface area contributed by atoms with Gasteiger partial charge in [-0.1, -0.05) is 19.4 Å². The Morgan fingerprint density at radius 1 is 1.29 bits per heavy atom. The molecule has 1 saturated heterocycles. The number of carboxylic acid groups (broad SMARTS) is 1. The van der Waals surface area contributed by atoms with Gasteiger partial charge >= 0.3 is 57.4 Å². The maximum Gasteiger partial charge on any atom is 1.00 e. The number of ketones is 1. The van der Waals surface area contributed by atoms with Gasteiger partial charge in [-0.15, -0.1) is 0 Å². The Morgan fingerprint density at radius 3 is 2.65 bits per heavy atom. The Morgan fingerprint density at radius 2 is 2.00 bits per heavy atom. The van der Waals surface area contributed by atoms with Crippen LogP contribution in [-0.2, 0) is 23.9 Å². The van der Waals surface area contributed by atoms with Gasteiger partial charge in [0.15, 0.2) is 5.78 Å². The van der Waals surface area contributed by atoms with Gasteiger partial charge in [0.05, 0.1) is 23.7 Å². The monoisotopic (exact) mass is 498 g/mol. The average Bonchev–Trinajstić information content (AvgIpc) is 3.38. The van der Waals surface area contributed by atoms with Gasteiger partial charge in [0, 0.05) is 29.1 Å². The van der Waals surface area contributed by atoms with Crippen LogP contribution in [-0.4, -0.2) is 46.2 Å². The van der Waals surface area contributed by atoms with Crippen molar-refractivity contribution in [3.63, 3.8) is 0 Å². The molecule has 0 bridgehead atoms. The minimum Gasteiger partial charge on any atom is -0.550 e. The van der Waals surface area contributed by atoms with Crippen molar-refractivity contribution in [1.82, 2.24) is 0 Å². The van der Waals surface area contributed by atoms with E-state index in [0.717, 1.165) is 5.57 Å². The number of hydrogen-bond donors (Lipinski definition) is 1. The first-order valence-corrected chi connectivity index (χ1v) is 12.4. The summed E-state index contributed by atoms with van der Waals surface area (Å²) in [6.07, 6.45) is 4.80. The molecule has 3 saturated carbocycles. The average molecular weight is 499 g/mol. The normalized spacial score (nSPS) is 46.3. The molecule has 4 aliphatic carbocycles. The number of fused-ring (bicyclic) bond motifs is 3. The molecular weight excluding hydrogens is 463 g/mol. The topological polar surface area (TPSA) is 116 Å². The zero-order valence-electron chi connectivity index (χ0n) is 21.0. The molecule has 7 nitrogen and oxygen atoms in total. The van der Waals surface area contributed by atoms with Crippen LogP contribution in [0.4, 0.5) is 0 Å².